The predicted molar refractivity (Wildman–Crippen MR) is 246 cm³/mol. The quantitative estimate of drug-likeness (QED) is 0.169. The van der Waals surface area contributed by atoms with Crippen LogP contribution in [-0.2, 0) is 10.8 Å². The molecule has 0 saturated heterocycles. The number of hydrogen-bond donors (Lipinski definition) is 0. The van der Waals surface area contributed by atoms with E-state index in [-0.39, 0.29) is 5.41 Å². The topological polar surface area (TPSA) is 3.24 Å². The second kappa shape index (κ2) is 12.6. The minimum absolute atomic E-state index is 0.134. The summed E-state index contributed by atoms with van der Waals surface area (Å²) in [5.41, 5.74) is 23.7. The van der Waals surface area contributed by atoms with Crippen molar-refractivity contribution in [3.63, 3.8) is 0 Å². The van der Waals surface area contributed by atoms with Gasteiger partial charge in [0, 0.05) is 22.5 Å². The van der Waals surface area contributed by atoms with Gasteiger partial charge >= 0.3 is 0 Å². The number of anilines is 3. The first-order valence-electron chi connectivity index (χ1n) is 20.8. The molecule has 0 fully saturated rings. The van der Waals surface area contributed by atoms with Crippen molar-refractivity contribution in [1.29, 1.82) is 0 Å². The largest absolute Gasteiger partial charge is 0.310 e. The van der Waals surface area contributed by atoms with Gasteiger partial charge < -0.3 is 4.90 Å². The van der Waals surface area contributed by atoms with E-state index in [1.807, 2.05) is 0 Å². The van der Waals surface area contributed by atoms with Crippen molar-refractivity contribution in [2.24, 2.45) is 0 Å². The lowest BCUT2D eigenvalue weighted by molar-refractivity contribution is 0.660. The Bertz CT molecular complexity index is 3090. The molecule has 3 aliphatic rings. The molecule has 0 unspecified atom stereocenters. The molecule has 0 radical (unpaired) electrons. The van der Waals surface area contributed by atoms with Crippen LogP contribution in [0.15, 0.2) is 212 Å². The molecular formula is C58H41N. The molecular weight excluding hydrogens is 711 g/mol. The zero-order valence-electron chi connectivity index (χ0n) is 33.2. The maximum Gasteiger partial charge on any atom is 0.0726 e. The normalized spacial score (nSPS) is 14.2. The molecule has 0 bridgehead atoms. The van der Waals surface area contributed by atoms with Gasteiger partial charge in [0.25, 0.3) is 0 Å². The summed E-state index contributed by atoms with van der Waals surface area (Å²) in [5.74, 6) is 0. The lowest BCUT2D eigenvalue weighted by Crippen LogP contribution is -2.26. The molecule has 0 N–H and O–H groups in total. The minimum atomic E-state index is -0.432. The van der Waals surface area contributed by atoms with Crippen LogP contribution in [0.4, 0.5) is 17.1 Å². The lowest BCUT2D eigenvalue weighted by Gasteiger charge is -2.32. The van der Waals surface area contributed by atoms with E-state index in [1.54, 1.807) is 0 Å². The lowest BCUT2D eigenvalue weighted by atomic mass is 9.70. The summed E-state index contributed by atoms with van der Waals surface area (Å²) in [6.07, 6.45) is 0. The van der Waals surface area contributed by atoms with Crippen LogP contribution < -0.4 is 4.90 Å². The van der Waals surface area contributed by atoms with Crippen molar-refractivity contribution in [3.05, 3.63) is 246 Å². The van der Waals surface area contributed by atoms with Crippen LogP contribution in [0.25, 0.3) is 55.6 Å². The fourth-order valence-corrected chi connectivity index (χ4v) is 10.9. The van der Waals surface area contributed by atoms with E-state index >= 15 is 0 Å². The number of fused-ring (bicyclic) bond motifs is 13. The highest BCUT2D eigenvalue weighted by atomic mass is 15.1. The molecule has 3 aliphatic carbocycles. The molecule has 0 aromatic heterocycles. The molecule has 9 aromatic carbocycles. The Labute approximate surface area is 346 Å². The second-order valence-electron chi connectivity index (χ2n) is 16.8. The molecule has 9 aromatic rings. The van der Waals surface area contributed by atoms with Crippen molar-refractivity contribution in [3.8, 4) is 55.6 Å². The van der Waals surface area contributed by atoms with Crippen molar-refractivity contribution < 1.29 is 0 Å². The third-order valence-corrected chi connectivity index (χ3v) is 13.5. The van der Waals surface area contributed by atoms with E-state index in [9.17, 15) is 0 Å². The molecule has 0 saturated carbocycles. The number of rotatable bonds is 5. The van der Waals surface area contributed by atoms with Gasteiger partial charge in [0.05, 0.1) is 5.41 Å². The zero-order valence-corrected chi connectivity index (χ0v) is 33.2. The van der Waals surface area contributed by atoms with Gasteiger partial charge in [-0.2, -0.15) is 0 Å². The first kappa shape index (κ1) is 33.9. The summed E-state index contributed by atoms with van der Waals surface area (Å²) in [4.78, 5) is 2.50. The van der Waals surface area contributed by atoms with E-state index < -0.39 is 5.41 Å². The predicted octanol–water partition coefficient (Wildman–Crippen LogP) is 15.1. The third kappa shape index (κ3) is 4.73. The Balaban J connectivity index is 1.10. The first-order valence-corrected chi connectivity index (χ1v) is 20.8. The Morgan fingerprint density at radius 3 is 1.24 bits per heavy atom. The number of nitrogens with zero attached hydrogens (tertiary/aromatic N) is 1. The van der Waals surface area contributed by atoms with Crippen LogP contribution in [0, 0.1) is 0 Å². The molecule has 0 heterocycles. The Kier molecular flexibility index (Phi) is 7.26. The van der Waals surface area contributed by atoms with Crippen molar-refractivity contribution in [2.75, 3.05) is 4.90 Å². The van der Waals surface area contributed by atoms with Gasteiger partial charge in [0.2, 0.25) is 0 Å². The SMILES string of the molecule is CC1(C)c2ccccc2-c2ccc(N(c3cccc(-c4ccccc4-c4ccccc4)c3)c3ccc4c(c3)C3(c5ccccc5-c5ccccc53)c3ccccc3-4)cc21. The molecule has 59 heavy (non-hydrogen) atoms. The monoisotopic (exact) mass is 751 g/mol. The van der Waals surface area contributed by atoms with E-state index in [1.165, 1.54) is 89.0 Å². The van der Waals surface area contributed by atoms with E-state index in [2.05, 4.69) is 231 Å². The van der Waals surface area contributed by atoms with Gasteiger partial charge in [-0.3, -0.25) is 0 Å². The van der Waals surface area contributed by atoms with Crippen LogP contribution in [0.3, 0.4) is 0 Å². The number of benzene rings is 9. The second-order valence-corrected chi connectivity index (χ2v) is 16.8. The van der Waals surface area contributed by atoms with Gasteiger partial charge in [-0.1, -0.05) is 190 Å². The summed E-state index contributed by atoms with van der Waals surface area (Å²) in [7, 11) is 0. The summed E-state index contributed by atoms with van der Waals surface area (Å²) in [5, 5.41) is 0. The zero-order chi connectivity index (χ0) is 39.3. The fourth-order valence-electron chi connectivity index (χ4n) is 10.9. The average molecular weight is 752 g/mol. The molecule has 278 valence electrons. The summed E-state index contributed by atoms with van der Waals surface area (Å²) in [6.45, 7) is 4.75. The summed E-state index contributed by atoms with van der Waals surface area (Å²) >= 11 is 0. The molecule has 12 rings (SSSR count). The van der Waals surface area contributed by atoms with E-state index in [0.29, 0.717) is 0 Å². The third-order valence-electron chi connectivity index (χ3n) is 13.5. The molecule has 1 heteroatoms. The smallest absolute Gasteiger partial charge is 0.0726 e. The highest BCUT2D eigenvalue weighted by Crippen LogP contribution is 2.63. The van der Waals surface area contributed by atoms with Crippen LogP contribution >= 0.6 is 0 Å². The highest BCUT2D eigenvalue weighted by molar-refractivity contribution is 5.97. The minimum Gasteiger partial charge on any atom is -0.310 e. The summed E-state index contributed by atoms with van der Waals surface area (Å²) in [6, 6.07) is 79.2. The van der Waals surface area contributed by atoms with Gasteiger partial charge in [-0.25, -0.2) is 0 Å². The maximum atomic E-state index is 2.51. The molecule has 1 nitrogen and oxygen atoms in total. The maximum absolute atomic E-state index is 2.51. The van der Waals surface area contributed by atoms with Crippen molar-refractivity contribution in [1.82, 2.24) is 0 Å². The number of hydrogen-bond acceptors (Lipinski definition) is 1. The molecule has 0 atom stereocenters. The Morgan fingerprint density at radius 1 is 0.271 bits per heavy atom. The van der Waals surface area contributed by atoms with Crippen LogP contribution in [-0.4, -0.2) is 0 Å². The van der Waals surface area contributed by atoms with Crippen molar-refractivity contribution in [2.45, 2.75) is 24.7 Å². The highest BCUT2D eigenvalue weighted by Gasteiger charge is 2.51. The van der Waals surface area contributed by atoms with Crippen LogP contribution in [0.5, 0.6) is 0 Å². The summed E-state index contributed by atoms with van der Waals surface area (Å²) < 4.78 is 0. The van der Waals surface area contributed by atoms with Crippen molar-refractivity contribution >= 4 is 17.1 Å². The van der Waals surface area contributed by atoms with Gasteiger partial charge in [-0.15, -0.1) is 0 Å². The van der Waals surface area contributed by atoms with Crippen LogP contribution in [0.1, 0.15) is 47.2 Å². The van der Waals surface area contributed by atoms with Gasteiger partial charge in [0.15, 0.2) is 0 Å². The fraction of sp³-hybridized carbons (Fsp3) is 0.0690. The molecule has 0 amide bonds. The average Bonchev–Trinajstić information content (AvgIpc) is 3.85. The Morgan fingerprint density at radius 2 is 0.661 bits per heavy atom. The van der Waals surface area contributed by atoms with Crippen LogP contribution in [0.2, 0.25) is 0 Å². The Hall–Kier alpha value is -7.22. The molecule has 1 spiro atoms. The molecule has 0 aliphatic heterocycles. The first-order chi connectivity index (χ1) is 29.0. The van der Waals surface area contributed by atoms with E-state index in [0.717, 1.165) is 17.1 Å². The standard InChI is InChI=1S/C58H41N/c1-57(2)51-27-12-8-23-45(51)49-33-31-41(36-55(49)57)59(40-20-16-19-39(35-40)44-22-7-6-21-43(44)38-17-4-3-5-18-38)42-32-34-50-48-26-11-15-30-54(48)58(56(50)37-42)52-28-13-9-24-46(52)47-25-10-14-29-53(47)58/h3-37H,1-2H3. The van der Waals surface area contributed by atoms with E-state index in [4.69, 9.17) is 0 Å². The van der Waals surface area contributed by atoms with Gasteiger partial charge in [-0.05, 0) is 125 Å². The van der Waals surface area contributed by atoms with Gasteiger partial charge in [0.1, 0.15) is 0 Å².